The Balaban J connectivity index is 1.97. The van der Waals surface area contributed by atoms with Gasteiger partial charge in [-0.3, -0.25) is 0 Å². The Kier molecular flexibility index (Phi) is 7.98. The second-order valence-electron chi connectivity index (χ2n) is 7.75. The molecule has 2 atom stereocenters. The van der Waals surface area contributed by atoms with Gasteiger partial charge in [0.05, 0.1) is 13.2 Å². The predicted octanol–water partition coefficient (Wildman–Crippen LogP) is 4.72. The fourth-order valence-electron chi connectivity index (χ4n) is 3.56. The molecule has 0 aliphatic heterocycles. The molecule has 0 amide bonds. The Morgan fingerprint density at radius 1 is 1.20 bits per heavy atom. The number of benzene rings is 1. The number of hydrogen-bond acceptors (Lipinski definition) is 3. The van der Waals surface area contributed by atoms with Crippen molar-refractivity contribution in [3.05, 3.63) is 41.5 Å². The van der Waals surface area contributed by atoms with Crippen LogP contribution in [0.2, 0.25) is 0 Å². The van der Waals surface area contributed by atoms with E-state index in [1.165, 1.54) is 36.8 Å². The second kappa shape index (κ2) is 9.98. The van der Waals surface area contributed by atoms with Gasteiger partial charge in [-0.05, 0) is 61.8 Å². The molecule has 0 bridgehead atoms. The lowest BCUT2D eigenvalue weighted by Crippen LogP contribution is -2.41. The Labute approximate surface area is 153 Å². The van der Waals surface area contributed by atoms with Crippen LogP contribution in [0.4, 0.5) is 0 Å². The van der Waals surface area contributed by atoms with Crippen LogP contribution in [-0.4, -0.2) is 23.9 Å². The van der Waals surface area contributed by atoms with Crippen LogP contribution in [0, 0.1) is 0 Å². The minimum absolute atomic E-state index is 0.0156. The van der Waals surface area contributed by atoms with Gasteiger partial charge in [0, 0.05) is 5.54 Å². The zero-order valence-corrected chi connectivity index (χ0v) is 16.0. The molecular weight excluding hydrogens is 310 g/mol. The zero-order chi connectivity index (χ0) is 18.1. The standard InChI is InChI=1S/C22H35NO2/c1-3-4-5-6-9-14-25-20-12-13-21-18(15-20)10-7-8-11-19(21)16-22(2,23)17-24/h7-8,12-13,15,19,24H,3-6,9-11,14,16-17,23H2,1-2H3/t19-,22-/m1/s1. The maximum Gasteiger partial charge on any atom is 0.119 e. The Morgan fingerprint density at radius 2 is 2.00 bits per heavy atom. The van der Waals surface area contributed by atoms with Crippen LogP contribution in [-0.2, 0) is 6.42 Å². The molecule has 0 saturated carbocycles. The monoisotopic (exact) mass is 345 g/mol. The third-order valence-electron chi connectivity index (χ3n) is 5.07. The highest BCUT2D eigenvalue weighted by Crippen LogP contribution is 2.35. The van der Waals surface area contributed by atoms with Crippen LogP contribution in [0.25, 0.3) is 0 Å². The minimum Gasteiger partial charge on any atom is -0.494 e. The van der Waals surface area contributed by atoms with Gasteiger partial charge in [-0.2, -0.15) is 0 Å². The summed E-state index contributed by atoms with van der Waals surface area (Å²) in [5.74, 6) is 1.33. The van der Waals surface area contributed by atoms with Gasteiger partial charge in [0.2, 0.25) is 0 Å². The Hall–Kier alpha value is -1.32. The average molecular weight is 346 g/mol. The Bertz CT molecular complexity index is 551. The van der Waals surface area contributed by atoms with E-state index in [0.717, 1.165) is 38.0 Å². The average Bonchev–Trinajstić information content (AvgIpc) is 2.79. The molecule has 1 aliphatic rings. The first-order valence-corrected chi connectivity index (χ1v) is 9.86. The molecule has 0 spiro atoms. The van der Waals surface area contributed by atoms with E-state index >= 15 is 0 Å². The molecule has 0 heterocycles. The van der Waals surface area contributed by atoms with Gasteiger partial charge in [0.15, 0.2) is 0 Å². The van der Waals surface area contributed by atoms with E-state index in [9.17, 15) is 5.11 Å². The van der Waals surface area contributed by atoms with Crippen LogP contribution in [0.5, 0.6) is 5.75 Å². The van der Waals surface area contributed by atoms with E-state index in [1.807, 2.05) is 6.92 Å². The molecule has 3 heteroatoms. The largest absolute Gasteiger partial charge is 0.494 e. The summed E-state index contributed by atoms with van der Waals surface area (Å²) in [6.07, 6.45) is 13.5. The smallest absolute Gasteiger partial charge is 0.119 e. The van der Waals surface area contributed by atoms with Gasteiger partial charge < -0.3 is 15.6 Å². The number of fused-ring (bicyclic) bond motifs is 1. The number of aliphatic hydroxyl groups excluding tert-OH is 1. The second-order valence-corrected chi connectivity index (χ2v) is 7.75. The fourth-order valence-corrected chi connectivity index (χ4v) is 3.56. The zero-order valence-electron chi connectivity index (χ0n) is 16.0. The van der Waals surface area contributed by atoms with Crippen molar-refractivity contribution < 1.29 is 9.84 Å². The molecule has 25 heavy (non-hydrogen) atoms. The van der Waals surface area contributed by atoms with Gasteiger partial charge in [-0.25, -0.2) is 0 Å². The van der Waals surface area contributed by atoms with Gasteiger partial charge in [-0.1, -0.05) is 50.8 Å². The Morgan fingerprint density at radius 3 is 2.76 bits per heavy atom. The number of unbranched alkanes of at least 4 members (excludes halogenated alkanes) is 4. The van der Waals surface area contributed by atoms with Crippen molar-refractivity contribution in [1.29, 1.82) is 0 Å². The van der Waals surface area contributed by atoms with Crippen molar-refractivity contribution >= 4 is 0 Å². The summed E-state index contributed by atoms with van der Waals surface area (Å²) in [5, 5.41) is 9.50. The first kappa shape index (κ1) is 20.0. The van der Waals surface area contributed by atoms with Crippen LogP contribution >= 0.6 is 0 Å². The molecule has 3 N–H and O–H groups in total. The maximum atomic E-state index is 9.50. The number of allylic oxidation sites excluding steroid dienone is 2. The lowest BCUT2D eigenvalue weighted by atomic mass is 9.82. The van der Waals surface area contributed by atoms with Gasteiger partial charge in [-0.15, -0.1) is 0 Å². The first-order chi connectivity index (χ1) is 12.1. The summed E-state index contributed by atoms with van der Waals surface area (Å²) < 4.78 is 5.96. The van der Waals surface area contributed by atoms with E-state index in [4.69, 9.17) is 10.5 Å². The summed E-state index contributed by atoms with van der Waals surface area (Å²) in [6.45, 7) is 4.98. The quantitative estimate of drug-likeness (QED) is 0.476. The summed E-state index contributed by atoms with van der Waals surface area (Å²) in [6, 6.07) is 6.49. The highest BCUT2D eigenvalue weighted by Gasteiger charge is 2.26. The third-order valence-corrected chi connectivity index (χ3v) is 5.07. The number of hydrogen-bond donors (Lipinski definition) is 2. The van der Waals surface area contributed by atoms with Gasteiger partial charge in [0.25, 0.3) is 0 Å². The summed E-state index contributed by atoms with van der Waals surface area (Å²) in [4.78, 5) is 0. The van der Waals surface area contributed by atoms with Crippen molar-refractivity contribution in [2.24, 2.45) is 5.73 Å². The van der Waals surface area contributed by atoms with Crippen molar-refractivity contribution in [3.8, 4) is 5.75 Å². The molecule has 0 aromatic heterocycles. The maximum absolute atomic E-state index is 9.50. The highest BCUT2D eigenvalue weighted by molar-refractivity contribution is 5.40. The van der Waals surface area contributed by atoms with Crippen LogP contribution in [0.15, 0.2) is 30.4 Å². The third kappa shape index (κ3) is 6.48. The lowest BCUT2D eigenvalue weighted by molar-refractivity contribution is 0.192. The van der Waals surface area contributed by atoms with E-state index < -0.39 is 5.54 Å². The molecule has 0 unspecified atom stereocenters. The van der Waals surface area contributed by atoms with Crippen LogP contribution in [0.1, 0.15) is 75.8 Å². The normalized spacial score (nSPS) is 19.1. The number of ether oxygens (including phenoxy) is 1. The topological polar surface area (TPSA) is 55.5 Å². The molecular formula is C22H35NO2. The van der Waals surface area contributed by atoms with Crippen molar-refractivity contribution in [3.63, 3.8) is 0 Å². The molecule has 1 aliphatic carbocycles. The molecule has 3 nitrogen and oxygen atoms in total. The highest BCUT2D eigenvalue weighted by atomic mass is 16.5. The fraction of sp³-hybridized carbons (Fsp3) is 0.636. The summed E-state index contributed by atoms with van der Waals surface area (Å²) in [7, 11) is 0. The minimum atomic E-state index is -0.534. The molecule has 140 valence electrons. The van der Waals surface area contributed by atoms with Crippen molar-refractivity contribution in [2.75, 3.05) is 13.2 Å². The summed E-state index contributed by atoms with van der Waals surface area (Å²) in [5.41, 5.74) is 8.35. The van der Waals surface area contributed by atoms with Crippen LogP contribution < -0.4 is 10.5 Å². The van der Waals surface area contributed by atoms with Crippen LogP contribution in [0.3, 0.4) is 0 Å². The van der Waals surface area contributed by atoms with E-state index in [2.05, 4.69) is 37.3 Å². The molecule has 0 saturated heterocycles. The summed E-state index contributed by atoms with van der Waals surface area (Å²) >= 11 is 0. The lowest BCUT2D eigenvalue weighted by Gasteiger charge is -2.28. The predicted molar refractivity (Wildman–Crippen MR) is 105 cm³/mol. The molecule has 1 aromatic carbocycles. The van der Waals surface area contributed by atoms with Gasteiger partial charge in [0.1, 0.15) is 5.75 Å². The number of aliphatic hydroxyl groups is 1. The molecule has 2 rings (SSSR count). The SMILES string of the molecule is CCCCCCCOc1ccc2c(c1)CC=CC[C@@H]2C[C@@](C)(N)CO. The molecule has 1 aromatic rings. The van der Waals surface area contributed by atoms with E-state index in [0.29, 0.717) is 5.92 Å². The van der Waals surface area contributed by atoms with Gasteiger partial charge >= 0.3 is 0 Å². The van der Waals surface area contributed by atoms with E-state index in [1.54, 1.807) is 0 Å². The van der Waals surface area contributed by atoms with E-state index in [-0.39, 0.29) is 6.61 Å². The first-order valence-electron chi connectivity index (χ1n) is 9.86. The van der Waals surface area contributed by atoms with Crippen molar-refractivity contribution in [1.82, 2.24) is 0 Å². The number of rotatable bonds is 10. The number of nitrogens with two attached hydrogens (primary N) is 1. The van der Waals surface area contributed by atoms with Crippen molar-refractivity contribution in [2.45, 2.75) is 76.7 Å². The molecule has 0 fully saturated rings. The molecule has 0 radical (unpaired) electrons.